The number of carbonyl (C=O) groups excluding carboxylic acids is 1. The maximum absolute atomic E-state index is 12.6. The van der Waals surface area contributed by atoms with Gasteiger partial charge in [-0.25, -0.2) is 4.68 Å². The number of carbonyl (C=O) groups is 1. The van der Waals surface area contributed by atoms with Crippen molar-refractivity contribution in [2.24, 2.45) is 0 Å². The van der Waals surface area contributed by atoms with Crippen molar-refractivity contribution >= 4 is 62.5 Å². The number of halogens is 4. The quantitative estimate of drug-likeness (QED) is 0.278. The molecule has 0 bridgehead atoms. The highest BCUT2D eigenvalue weighted by atomic mass is 79.9. The Morgan fingerprint density at radius 2 is 1.82 bits per heavy atom. The Balaban J connectivity index is 1.37. The molecule has 0 aliphatic rings. The molecule has 4 aromatic rings. The Labute approximate surface area is 213 Å². The molecule has 170 valence electrons. The van der Waals surface area contributed by atoms with Gasteiger partial charge in [-0.1, -0.05) is 40.9 Å². The van der Waals surface area contributed by atoms with Gasteiger partial charge in [0, 0.05) is 17.4 Å². The minimum Gasteiger partial charge on any atom is -0.471 e. The molecule has 0 saturated carbocycles. The van der Waals surface area contributed by atoms with Crippen molar-refractivity contribution in [2.75, 3.05) is 5.32 Å². The van der Waals surface area contributed by atoms with E-state index in [1.165, 1.54) is 4.68 Å². The molecule has 1 N–H and O–H groups in total. The van der Waals surface area contributed by atoms with Crippen molar-refractivity contribution < 1.29 is 9.53 Å². The van der Waals surface area contributed by atoms with E-state index in [1.807, 2.05) is 19.1 Å². The third-order valence-corrected chi connectivity index (χ3v) is 6.39. The third-order valence-electron chi connectivity index (χ3n) is 4.64. The molecule has 0 aliphatic heterocycles. The van der Waals surface area contributed by atoms with E-state index in [0.717, 1.165) is 11.1 Å². The number of hydrogen-bond acceptors (Lipinski definition) is 4. The zero-order chi connectivity index (χ0) is 23.5. The van der Waals surface area contributed by atoms with Gasteiger partial charge >= 0.3 is 0 Å². The van der Waals surface area contributed by atoms with Gasteiger partial charge in [-0.2, -0.15) is 10.2 Å². The van der Waals surface area contributed by atoms with E-state index >= 15 is 0 Å². The first-order valence-electron chi connectivity index (χ1n) is 9.69. The summed E-state index contributed by atoms with van der Waals surface area (Å²) in [7, 11) is 0. The highest BCUT2D eigenvalue weighted by Crippen LogP contribution is 2.25. The van der Waals surface area contributed by atoms with Gasteiger partial charge in [0.05, 0.1) is 21.1 Å². The van der Waals surface area contributed by atoms with Gasteiger partial charge in [-0.3, -0.25) is 9.48 Å². The van der Waals surface area contributed by atoms with Gasteiger partial charge in [-0.05, 0) is 70.4 Å². The average Bonchev–Trinajstić information content (AvgIpc) is 3.38. The lowest BCUT2D eigenvalue weighted by Gasteiger charge is -2.07. The number of ether oxygens (including phenoxy) is 1. The fourth-order valence-corrected chi connectivity index (χ4v) is 3.81. The number of amides is 1. The summed E-state index contributed by atoms with van der Waals surface area (Å²) in [5.41, 5.74) is 2.07. The SMILES string of the molecule is Cc1cc(OCn2ccc(C(=O)Nc3nn(Cc4ccc(Cl)c(Cl)c4)cc3Br)n2)ccc1Cl. The van der Waals surface area contributed by atoms with Gasteiger partial charge in [0.25, 0.3) is 5.91 Å². The highest BCUT2D eigenvalue weighted by Gasteiger charge is 2.15. The van der Waals surface area contributed by atoms with Crippen LogP contribution in [-0.2, 0) is 13.3 Å². The Morgan fingerprint density at radius 1 is 1.03 bits per heavy atom. The minimum atomic E-state index is -0.392. The standard InChI is InChI=1S/C22H17BrCl3N5O2/c1-13-8-15(3-5-17(13)24)33-12-30-7-6-20(28-30)22(32)27-21-16(23)11-31(29-21)10-14-2-4-18(25)19(26)9-14/h2-9,11H,10,12H2,1H3,(H,27,29,32). The van der Waals surface area contributed by atoms with Crippen LogP contribution in [0.2, 0.25) is 15.1 Å². The monoisotopic (exact) mass is 567 g/mol. The molecule has 1 amide bonds. The van der Waals surface area contributed by atoms with E-state index < -0.39 is 5.91 Å². The van der Waals surface area contributed by atoms with Crippen molar-refractivity contribution in [3.8, 4) is 5.75 Å². The lowest BCUT2D eigenvalue weighted by molar-refractivity contribution is 0.101. The Bertz CT molecular complexity index is 1320. The van der Waals surface area contributed by atoms with Gasteiger partial charge in [0.15, 0.2) is 18.2 Å². The molecule has 33 heavy (non-hydrogen) atoms. The minimum absolute atomic E-state index is 0.149. The van der Waals surface area contributed by atoms with Crippen LogP contribution in [0.4, 0.5) is 5.82 Å². The van der Waals surface area contributed by atoms with Crippen LogP contribution in [0.1, 0.15) is 21.6 Å². The molecular formula is C22H17BrCl3N5O2. The molecule has 0 spiro atoms. The van der Waals surface area contributed by atoms with Gasteiger partial charge in [0.1, 0.15) is 5.75 Å². The lowest BCUT2D eigenvalue weighted by Crippen LogP contribution is -2.15. The normalized spacial score (nSPS) is 10.9. The first-order chi connectivity index (χ1) is 15.8. The summed E-state index contributed by atoms with van der Waals surface area (Å²) in [6, 6.07) is 12.4. The van der Waals surface area contributed by atoms with Crippen LogP contribution in [0.5, 0.6) is 5.75 Å². The number of aromatic nitrogens is 4. The Hall–Kier alpha value is -2.52. The highest BCUT2D eigenvalue weighted by molar-refractivity contribution is 9.10. The molecule has 11 heteroatoms. The smallest absolute Gasteiger partial charge is 0.277 e. The third kappa shape index (κ3) is 5.89. The van der Waals surface area contributed by atoms with Crippen LogP contribution in [0.15, 0.2) is 59.3 Å². The summed E-state index contributed by atoms with van der Waals surface area (Å²) in [6.45, 7) is 2.51. The second-order valence-corrected chi connectivity index (χ2v) is 9.23. The van der Waals surface area contributed by atoms with E-state index in [-0.39, 0.29) is 12.4 Å². The van der Waals surface area contributed by atoms with Crippen molar-refractivity contribution in [3.05, 3.63) is 91.2 Å². The molecule has 0 aliphatic carbocycles. The molecular weight excluding hydrogens is 553 g/mol. The van der Waals surface area contributed by atoms with E-state index in [0.29, 0.717) is 37.7 Å². The van der Waals surface area contributed by atoms with E-state index in [9.17, 15) is 4.79 Å². The van der Waals surface area contributed by atoms with Crippen molar-refractivity contribution in [1.82, 2.24) is 19.6 Å². The molecule has 0 atom stereocenters. The van der Waals surface area contributed by atoms with Gasteiger partial charge in [-0.15, -0.1) is 0 Å². The summed E-state index contributed by atoms with van der Waals surface area (Å²) in [4.78, 5) is 12.6. The lowest BCUT2D eigenvalue weighted by atomic mass is 10.2. The van der Waals surface area contributed by atoms with E-state index in [2.05, 4.69) is 31.4 Å². The van der Waals surface area contributed by atoms with E-state index in [4.69, 9.17) is 39.5 Å². The molecule has 0 radical (unpaired) electrons. The summed E-state index contributed by atoms with van der Waals surface area (Å²) < 4.78 is 9.54. The van der Waals surface area contributed by atoms with Crippen LogP contribution in [0, 0.1) is 6.92 Å². The number of nitrogens with zero attached hydrogens (tertiary/aromatic N) is 4. The molecule has 0 unspecified atom stereocenters. The predicted molar refractivity (Wildman–Crippen MR) is 132 cm³/mol. The maximum Gasteiger partial charge on any atom is 0.277 e. The zero-order valence-electron chi connectivity index (χ0n) is 17.2. The van der Waals surface area contributed by atoms with Crippen LogP contribution in [0.25, 0.3) is 0 Å². The summed E-state index contributed by atoms with van der Waals surface area (Å²) in [6.07, 6.45) is 3.42. The zero-order valence-corrected chi connectivity index (χ0v) is 21.1. The van der Waals surface area contributed by atoms with Crippen LogP contribution >= 0.6 is 50.7 Å². The molecule has 4 rings (SSSR count). The van der Waals surface area contributed by atoms with Gasteiger partial charge in [0.2, 0.25) is 0 Å². The number of nitrogens with one attached hydrogen (secondary N) is 1. The fraction of sp³-hybridized carbons (Fsp3) is 0.136. The van der Waals surface area contributed by atoms with Gasteiger partial charge < -0.3 is 10.1 Å². The van der Waals surface area contributed by atoms with Crippen LogP contribution < -0.4 is 10.1 Å². The number of hydrogen-bond donors (Lipinski definition) is 1. The summed E-state index contributed by atoms with van der Waals surface area (Å²) in [5, 5.41) is 13.1. The maximum atomic E-state index is 12.6. The molecule has 0 fully saturated rings. The van der Waals surface area contributed by atoms with Crippen LogP contribution in [0.3, 0.4) is 0 Å². The summed E-state index contributed by atoms with van der Waals surface area (Å²) >= 11 is 21.5. The topological polar surface area (TPSA) is 74.0 Å². The predicted octanol–water partition coefficient (Wildman–Crippen LogP) is 6.45. The van der Waals surface area contributed by atoms with Crippen molar-refractivity contribution in [3.63, 3.8) is 0 Å². The fourth-order valence-electron chi connectivity index (χ4n) is 2.96. The number of aryl methyl sites for hydroxylation is 1. The molecule has 2 aromatic heterocycles. The molecule has 2 heterocycles. The Kier molecular flexibility index (Phi) is 7.29. The number of rotatable bonds is 7. The average molecular weight is 570 g/mol. The first-order valence-corrected chi connectivity index (χ1v) is 11.6. The second-order valence-electron chi connectivity index (χ2n) is 7.15. The van der Waals surface area contributed by atoms with E-state index in [1.54, 1.807) is 47.4 Å². The van der Waals surface area contributed by atoms with Crippen LogP contribution in [-0.4, -0.2) is 25.5 Å². The second kappa shape index (κ2) is 10.2. The van der Waals surface area contributed by atoms with Crippen molar-refractivity contribution in [2.45, 2.75) is 20.2 Å². The molecule has 2 aromatic carbocycles. The number of anilines is 1. The molecule has 7 nitrogen and oxygen atoms in total. The number of benzene rings is 2. The Morgan fingerprint density at radius 3 is 2.58 bits per heavy atom. The first kappa shape index (κ1) is 23.6. The molecule has 0 saturated heterocycles. The summed E-state index contributed by atoms with van der Waals surface area (Å²) in [5.74, 6) is 0.647. The largest absolute Gasteiger partial charge is 0.471 e. The van der Waals surface area contributed by atoms with Crippen molar-refractivity contribution in [1.29, 1.82) is 0 Å².